The third-order valence-corrected chi connectivity index (χ3v) is 2.71. The number of nitro benzene ring substituents is 1. The normalized spacial score (nSPS) is 13.4. The van der Waals surface area contributed by atoms with Gasteiger partial charge in [0.2, 0.25) is 0 Å². The summed E-state index contributed by atoms with van der Waals surface area (Å²) < 4.78 is 9.19. The van der Waals surface area contributed by atoms with E-state index in [0.717, 1.165) is 13.2 Å². The standard InChI is InChI=1S/C12H15NO7/c1-19-10-4-3-7(5-8(10)13(17)18)12(16)9(14)6-11(15)20-2/h3-5,9,12,14,16H,6H2,1-2H3. The van der Waals surface area contributed by atoms with Crippen molar-refractivity contribution in [1.82, 2.24) is 0 Å². The number of esters is 1. The van der Waals surface area contributed by atoms with E-state index in [1.54, 1.807) is 0 Å². The van der Waals surface area contributed by atoms with Crippen LogP contribution >= 0.6 is 0 Å². The molecular weight excluding hydrogens is 270 g/mol. The van der Waals surface area contributed by atoms with E-state index < -0.39 is 29.5 Å². The number of carbonyl (C=O) groups excluding carboxylic acids is 1. The SMILES string of the molecule is COC(=O)CC(O)C(O)c1ccc(OC)c([N+](=O)[O-])c1. The van der Waals surface area contributed by atoms with Crippen molar-refractivity contribution in [3.63, 3.8) is 0 Å². The first-order valence-corrected chi connectivity index (χ1v) is 5.66. The summed E-state index contributed by atoms with van der Waals surface area (Å²) in [6.07, 6.45) is -3.29. The van der Waals surface area contributed by atoms with Crippen molar-refractivity contribution in [2.24, 2.45) is 0 Å². The minimum Gasteiger partial charge on any atom is -0.490 e. The molecule has 0 aromatic heterocycles. The molecule has 0 aliphatic heterocycles. The Morgan fingerprint density at radius 1 is 1.40 bits per heavy atom. The van der Waals surface area contributed by atoms with Crippen LogP contribution < -0.4 is 4.74 Å². The summed E-state index contributed by atoms with van der Waals surface area (Å²) in [5.74, 6) is -0.659. The molecule has 0 spiro atoms. The van der Waals surface area contributed by atoms with Gasteiger partial charge < -0.3 is 19.7 Å². The van der Waals surface area contributed by atoms with Crippen LogP contribution in [-0.2, 0) is 9.53 Å². The first-order valence-electron chi connectivity index (χ1n) is 5.66. The lowest BCUT2D eigenvalue weighted by molar-refractivity contribution is -0.385. The molecule has 2 unspecified atom stereocenters. The van der Waals surface area contributed by atoms with Crippen LogP contribution in [0.3, 0.4) is 0 Å². The number of nitro groups is 1. The molecule has 0 amide bonds. The minimum atomic E-state index is -1.45. The smallest absolute Gasteiger partial charge is 0.311 e. The van der Waals surface area contributed by atoms with Gasteiger partial charge in [-0.05, 0) is 11.6 Å². The maximum Gasteiger partial charge on any atom is 0.311 e. The Hall–Kier alpha value is -2.19. The van der Waals surface area contributed by atoms with E-state index in [0.29, 0.717) is 0 Å². The predicted molar refractivity (Wildman–Crippen MR) is 67.2 cm³/mol. The number of rotatable bonds is 6. The number of ether oxygens (including phenoxy) is 2. The number of aliphatic hydroxyl groups is 2. The Labute approximate surface area is 114 Å². The van der Waals surface area contributed by atoms with Crippen LogP contribution in [0.1, 0.15) is 18.1 Å². The topological polar surface area (TPSA) is 119 Å². The molecule has 0 aliphatic carbocycles. The summed E-state index contributed by atoms with van der Waals surface area (Å²) in [5.41, 5.74) is -0.233. The third kappa shape index (κ3) is 3.65. The molecule has 1 aromatic rings. The molecule has 1 aromatic carbocycles. The van der Waals surface area contributed by atoms with Crippen molar-refractivity contribution in [1.29, 1.82) is 0 Å². The summed E-state index contributed by atoms with van der Waals surface area (Å²) >= 11 is 0. The van der Waals surface area contributed by atoms with Crippen LogP contribution in [0.5, 0.6) is 5.75 Å². The maximum absolute atomic E-state index is 11.0. The molecule has 0 radical (unpaired) electrons. The monoisotopic (exact) mass is 285 g/mol. The van der Waals surface area contributed by atoms with Gasteiger partial charge in [0.05, 0.1) is 31.7 Å². The molecule has 0 heterocycles. The quantitative estimate of drug-likeness (QED) is 0.445. The number of carbonyl (C=O) groups is 1. The highest BCUT2D eigenvalue weighted by Crippen LogP contribution is 2.31. The molecule has 0 saturated carbocycles. The average Bonchev–Trinajstić information content (AvgIpc) is 2.45. The van der Waals surface area contributed by atoms with Crippen molar-refractivity contribution in [2.45, 2.75) is 18.6 Å². The summed E-state index contributed by atoms with van der Waals surface area (Å²) in [5, 5.41) is 30.4. The number of hydrogen-bond donors (Lipinski definition) is 2. The molecule has 8 nitrogen and oxygen atoms in total. The van der Waals surface area contributed by atoms with Gasteiger partial charge in [-0.25, -0.2) is 0 Å². The molecule has 0 saturated heterocycles. The zero-order chi connectivity index (χ0) is 15.3. The van der Waals surface area contributed by atoms with E-state index in [-0.39, 0.29) is 17.0 Å². The van der Waals surface area contributed by atoms with E-state index >= 15 is 0 Å². The molecular formula is C12H15NO7. The summed E-state index contributed by atoms with van der Waals surface area (Å²) in [6, 6.07) is 3.77. The number of aliphatic hydroxyl groups excluding tert-OH is 2. The summed E-state index contributed by atoms with van der Waals surface area (Å²) in [7, 11) is 2.43. The fourth-order valence-corrected chi connectivity index (χ4v) is 1.62. The predicted octanol–water partition coefficient (Wildman–Crippen LogP) is 0.561. The van der Waals surface area contributed by atoms with Gasteiger partial charge in [-0.3, -0.25) is 14.9 Å². The highest BCUT2D eigenvalue weighted by atomic mass is 16.6. The van der Waals surface area contributed by atoms with Crippen molar-refractivity contribution in [3.8, 4) is 5.75 Å². The van der Waals surface area contributed by atoms with Crippen LogP contribution in [0.25, 0.3) is 0 Å². The van der Waals surface area contributed by atoms with Gasteiger partial charge in [-0.2, -0.15) is 0 Å². The molecule has 1 rings (SSSR count). The number of benzene rings is 1. The Bertz CT molecular complexity index is 503. The van der Waals surface area contributed by atoms with Crippen molar-refractivity contribution < 1.29 is 29.4 Å². The number of hydrogen-bond acceptors (Lipinski definition) is 7. The second kappa shape index (κ2) is 6.83. The molecule has 110 valence electrons. The highest BCUT2D eigenvalue weighted by molar-refractivity contribution is 5.69. The lowest BCUT2D eigenvalue weighted by Crippen LogP contribution is -2.22. The van der Waals surface area contributed by atoms with Gasteiger partial charge in [-0.1, -0.05) is 6.07 Å². The molecule has 2 N–H and O–H groups in total. The van der Waals surface area contributed by atoms with Crippen LogP contribution in [0, 0.1) is 10.1 Å². The summed E-state index contributed by atoms with van der Waals surface area (Å²) in [6.45, 7) is 0. The lowest BCUT2D eigenvalue weighted by atomic mass is 10.0. The van der Waals surface area contributed by atoms with Gasteiger partial charge in [0.15, 0.2) is 5.75 Å². The number of nitrogens with zero attached hydrogens (tertiary/aromatic N) is 1. The van der Waals surface area contributed by atoms with Gasteiger partial charge in [-0.15, -0.1) is 0 Å². The first kappa shape index (κ1) is 15.9. The first-order chi connectivity index (χ1) is 9.40. The van der Waals surface area contributed by atoms with Gasteiger partial charge in [0.25, 0.3) is 0 Å². The van der Waals surface area contributed by atoms with E-state index in [4.69, 9.17) is 4.74 Å². The molecule has 0 bridgehead atoms. The molecule has 20 heavy (non-hydrogen) atoms. The fraction of sp³-hybridized carbons (Fsp3) is 0.417. The van der Waals surface area contributed by atoms with Crippen LogP contribution in [-0.4, -0.2) is 41.4 Å². The average molecular weight is 285 g/mol. The lowest BCUT2D eigenvalue weighted by Gasteiger charge is -2.17. The second-order valence-corrected chi connectivity index (χ2v) is 3.98. The van der Waals surface area contributed by atoms with Gasteiger partial charge in [0, 0.05) is 6.07 Å². The molecule has 8 heteroatoms. The molecule has 0 aliphatic rings. The van der Waals surface area contributed by atoms with E-state index in [2.05, 4.69) is 4.74 Å². The number of methoxy groups -OCH3 is 2. The Morgan fingerprint density at radius 3 is 2.55 bits per heavy atom. The zero-order valence-corrected chi connectivity index (χ0v) is 11.0. The van der Waals surface area contributed by atoms with E-state index in [1.165, 1.54) is 19.2 Å². The van der Waals surface area contributed by atoms with E-state index in [1.807, 2.05) is 0 Å². The van der Waals surface area contributed by atoms with E-state index in [9.17, 15) is 25.1 Å². The van der Waals surface area contributed by atoms with Crippen molar-refractivity contribution in [3.05, 3.63) is 33.9 Å². The second-order valence-electron chi connectivity index (χ2n) is 3.98. The van der Waals surface area contributed by atoms with Crippen molar-refractivity contribution in [2.75, 3.05) is 14.2 Å². The van der Waals surface area contributed by atoms with Gasteiger partial charge in [0.1, 0.15) is 6.10 Å². The highest BCUT2D eigenvalue weighted by Gasteiger charge is 2.25. The Morgan fingerprint density at radius 2 is 2.05 bits per heavy atom. The Kier molecular flexibility index (Phi) is 5.42. The van der Waals surface area contributed by atoms with Gasteiger partial charge >= 0.3 is 11.7 Å². The summed E-state index contributed by atoms with van der Waals surface area (Å²) in [4.78, 5) is 21.2. The zero-order valence-electron chi connectivity index (χ0n) is 11.0. The van der Waals surface area contributed by atoms with Crippen LogP contribution in [0.15, 0.2) is 18.2 Å². The van der Waals surface area contributed by atoms with Crippen molar-refractivity contribution >= 4 is 11.7 Å². The largest absolute Gasteiger partial charge is 0.490 e. The molecule has 2 atom stereocenters. The molecule has 0 fully saturated rings. The fourth-order valence-electron chi connectivity index (χ4n) is 1.62. The third-order valence-electron chi connectivity index (χ3n) is 2.71. The maximum atomic E-state index is 11.0. The van der Waals surface area contributed by atoms with Crippen LogP contribution in [0.4, 0.5) is 5.69 Å². The Balaban J connectivity index is 2.98. The van der Waals surface area contributed by atoms with Crippen LogP contribution in [0.2, 0.25) is 0 Å². The minimum absolute atomic E-state index is 0.0356.